The van der Waals surface area contributed by atoms with Crippen molar-refractivity contribution in [2.75, 3.05) is 24.6 Å². The quantitative estimate of drug-likeness (QED) is 0.757. The molecule has 1 aliphatic rings. The van der Waals surface area contributed by atoms with Crippen LogP contribution in [0.25, 0.3) is 22.3 Å². The second-order valence-electron chi connectivity index (χ2n) is 6.43. The Kier molecular flexibility index (Phi) is 4.70. The number of hydrogen-bond acceptors (Lipinski definition) is 4. The summed E-state index contributed by atoms with van der Waals surface area (Å²) in [6.07, 6.45) is 0. The van der Waals surface area contributed by atoms with E-state index in [0.717, 1.165) is 31.3 Å². The van der Waals surface area contributed by atoms with Crippen LogP contribution in [0.3, 0.4) is 0 Å². The van der Waals surface area contributed by atoms with E-state index in [-0.39, 0.29) is 5.56 Å². The molecular formula is C20H19FN2O2S. The summed E-state index contributed by atoms with van der Waals surface area (Å²) in [6.45, 7) is 3.19. The van der Waals surface area contributed by atoms with Crippen molar-refractivity contribution in [3.63, 3.8) is 0 Å². The number of rotatable bonds is 4. The molecule has 4 rings (SSSR count). The molecule has 0 spiro atoms. The third-order valence-electron chi connectivity index (χ3n) is 4.59. The van der Waals surface area contributed by atoms with Crippen LogP contribution in [0.5, 0.6) is 0 Å². The van der Waals surface area contributed by atoms with E-state index in [1.54, 1.807) is 6.07 Å². The van der Waals surface area contributed by atoms with Gasteiger partial charge in [0.1, 0.15) is 17.2 Å². The standard InChI is InChI=1S/C20H19FN2O2S/c21-16-9-15-10-18(25-19(15)17(11-16)20(22)24)14-3-1-13(2-4-14)12-23-5-7-26-8-6-23/h1-4,9-11H,5-8,12H2,(H2,22,24). The van der Waals surface area contributed by atoms with Crippen LogP contribution in [0, 0.1) is 5.82 Å². The van der Waals surface area contributed by atoms with E-state index in [1.165, 1.54) is 23.1 Å². The van der Waals surface area contributed by atoms with E-state index in [1.807, 2.05) is 23.9 Å². The van der Waals surface area contributed by atoms with Gasteiger partial charge in [0.2, 0.25) is 0 Å². The predicted molar refractivity (Wildman–Crippen MR) is 103 cm³/mol. The van der Waals surface area contributed by atoms with E-state index in [2.05, 4.69) is 17.0 Å². The minimum Gasteiger partial charge on any atom is -0.455 e. The highest BCUT2D eigenvalue weighted by atomic mass is 32.2. The largest absolute Gasteiger partial charge is 0.455 e. The van der Waals surface area contributed by atoms with Gasteiger partial charge in [0.25, 0.3) is 5.91 Å². The van der Waals surface area contributed by atoms with Crippen molar-refractivity contribution in [1.29, 1.82) is 0 Å². The van der Waals surface area contributed by atoms with E-state index in [9.17, 15) is 9.18 Å². The summed E-state index contributed by atoms with van der Waals surface area (Å²) in [5, 5.41) is 0.531. The van der Waals surface area contributed by atoms with Gasteiger partial charge in [-0.15, -0.1) is 0 Å². The lowest BCUT2D eigenvalue weighted by molar-refractivity contribution is 0.100. The van der Waals surface area contributed by atoms with Crippen LogP contribution in [-0.2, 0) is 6.54 Å². The topological polar surface area (TPSA) is 59.5 Å². The molecular weight excluding hydrogens is 351 g/mol. The monoisotopic (exact) mass is 370 g/mol. The minimum atomic E-state index is -0.703. The number of fused-ring (bicyclic) bond motifs is 1. The summed E-state index contributed by atoms with van der Waals surface area (Å²) in [5.41, 5.74) is 7.85. The predicted octanol–water partition coefficient (Wildman–Crippen LogP) is 3.89. The number of hydrogen-bond donors (Lipinski definition) is 1. The molecule has 4 nitrogen and oxygen atoms in total. The number of halogens is 1. The fourth-order valence-corrected chi connectivity index (χ4v) is 4.21. The Morgan fingerprint density at radius 1 is 1.15 bits per heavy atom. The van der Waals surface area contributed by atoms with Gasteiger partial charge in [-0.3, -0.25) is 9.69 Å². The highest BCUT2D eigenvalue weighted by Crippen LogP contribution is 2.31. The Morgan fingerprint density at radius 2 is 1.88 bits per heavy atom. The Labute approximate surface area is 155 Å². The number of nitrogens with zero attached hydrogens (tertiary/aromatic N) is 1. The lowest BCUT2D eigenvalue weighted by atomic mass is 10.1. The number of amides is 1. The molecule has 134 valence electrons. The van der Waals surface area contributed by atoms with Gasteiger partial charge < -0.3 is 10.2 Å². The maximum atomic E-state index is 13.7. The molecule has 2 N–H and O–H groups in total. The fraction of sp³-hybridized carbons (Fsp3) is 0.250. The molecule has 1 fully saturated rings. The van der Waals surface area contributed by atoms with Gasteiger partial charge in [0.05, 0.1) is 5.56 Å². The molecule has 3 aromatic rings. The molecule has 1 aliphatic heterocycles. The zero-order valence-electron chi connectivity index (χ0n) is 14.2. The normalized spacial score (nSPS) is 15.4. The summed E-state index contributed by atoms with van der Waals surface area (Å²) < 4.78 is 19.5. The zero-order chi connectivity index (χ0) is 18.1. The van der Waals surface area contributed by atoms with Crippen LogP contribution in [-0.4, -0.2) is 35.4 Å². The highest BCUT2D eigenvalue weighted by Gasteiger charge is 2.16. The molecule has 2 heterocycles. The second kappa shape index (κ2) is 7.13. The fourth-order valence-electron chi connectivity index (χ4n) is 3.23. The van der Waals surface area contributed by atoms with Crippen LogP contribution in [0.2, 0.25) is 0 Å². The molecule has 0 atom stereocenters. The maximum absolute atomic E-state index is 13.7. The van der Waals surface area contributed by atoms with E-state index in [4.69, 9.17) is 10.2 Å². The van der Waals surface area contributed by atoms with Gasteiger partial charge in [-0.2, -0.15) is 11.8 Å². The molecule has 26 heavy (non-hydrogen) atoms. The number of carbonyl (C=O) groups is 1. The summed E-state index contributed by atoms with van der Waals surface area (Å²) in [6, 6.07) is 12.3. The van der Waals surface area contributed by atoms with Crippen LogP contribution >= 0.6 is 11.8 Å². The molecule has 0 bridgehead atoms. The average molecular weight is 370 g/mol. The Bertz CT molecular complexity index is 946. The molecule has 1 saturated heterocycles. The molecule has 6 heteroatoms. The van der Waals surface area contributed by atoms with Crippen molar-refractivity contribution in [1.82, 2.24) is 4.90 Å². The van der Waals surface area contributed by atoms with Crippen molar-refractivity contribution in [3.8, 4) is 11.3 Å². The van der Waals surface area contributed by atoms with Gasteiger partial charge in [0, 0.05) is 42.1 Å². The van der Waals surface area contributed by atoms with Crippen LogP contribution in [0.15, 0.2) is 46.9 Å². The van der Waals surface area contributed by atoms with Gasteiger partial charge in [-0.25, -0.2) is 4.39 Å². The third kappa shape index (κ3) is 3.48. The Balaban J connectivity index is 1.61. The molecule has 1 amide bonds. The summed E-state index contributed by atoms with van der Waals surface area (Å²) in [4.78, 5) is 14.0. The lowest BCUT2D eigenvalue weighted by Crippen LogP contribution is -2.31. The molecule has 0 aliphatic carbocycles. The number of carbonyl (C=O) groups excluding carboxylic acids is 1. The highest BCUT2D eigenvalue weighted by molar-refractivity contribution is 7.99. The van der Waals surface area contributed by atoms with Crippen molar-refractivity contribution in [2.24, 2.45) is 5.73 Å². The van der Waals surface area contributed by atoms with Crippen LogP contribution in [0.1, 0.15) is 15.9 Å². The van der Waals surface area contributed by atoms with Gasteiger partial charge in [0.15, 0.2) is 0 Å². The first kappa shape index (κ1) is 17.1. The average Bonchev–Trinajstić information content (AvgIpc) is 3.06. The van der Waals surface area contributed by atoms with E-state index in [0.29, 0.717) is 16.7 Å². The van der Waals surface area contributed by atoms with Crippen molar-refractivity contribution in [3.05, 3.63) is 59.4 Å². The third-order valence-corrected chi connectivity index (χ3v) is 5.54. The zero-order valence-corrected chi connectivity index (χ0v) is 15.0. The molecule has 0 unspecified atom stereocenters. The number of thioether (sulfide) groups is 1. The van der Waals surface area contributed by atoms with Crippen molar-refractivity contribution in [2.45, 2.75) is 6.54 Å². The van der Waals surface area contributed by atoms with Crippen LogP contribution < -0.4 is 5.73 Å². The summed E-state index contributed by atoms with van der Waals surface area (Å²) in [5.74, 6) is 1.76. The van der Waals surface area contributed by atoms with Crippen molar-refractivity contribution >= 4 is 28.6 Å². The summed E-state index contributed by atoms with van der Waals surface area (Å²) in [7, 11) is 0. The maximum Gasteiger partial charge on any atom is 0.252 e. The minimum absolute atomic E-state index is 0.0610. The first-order valence-electron chi connectivity index (χ1n) is 8.52. The van der Waals surface area contributed by atoms with Gasteiger partial charge >= 0.3 is 0 Å². The van der Waals surface area contributed by atoms with Crippen LogP contribution in [0.4, 0.5) is 4.39 Å². The Morgan fingerprint density at radius 3 is 2.58 bits per heavy atom. The molecule has 0 radical (unpaired) electrons. The van der Waals surface area contributed by atoms with E-state index >= 15 is 0 Å². The molecule has 0 saturated carbocycles. The SMILES string of the molecule is NC(=O)c1cc(F)cc2cc(-c3ccc(CN4CCSCC4)cc3)oc12. The summed E-state index contributed by atoms with van der Waals surface area (Å²) >= 11 is 2.00. The smallest absolute Gasteiger partial charge is 0.252 e. The molecule has 2 aromatic carbocycles. The number of primary amides is 1. The van der Waals surface area contributed by atoms with Gasteiger partial charge in [-0.1, -0.05) is 24.3 Å². The van der Waals surface area contributed by atoms with Crippen molar-refractivity contribution < 1.29 is 13.6 Å². The first-order chi connectivity index (χ1) is 12.6. The second-order valence-corrected chi connectivity index (χ2v) is 7.66. The Hall–Kier alpha value is -2.31. The number of benzene rings is 2. The van der Waals surface area contributed by atoms with Gasteiger partial charge in [-0.05, 0) is 23.8 Å². The lowest BCUT2D eigenvalue weighted by Gasteiger charge is -2.26. The number of nitrogens with two attached hydrogens (primary N) is 1. The molecule has 1 aromatic heterocycles. The number of furan rings is 1. The van der Waals surface area contributed by atoms with E-state index < -0.39 is 11.7 Å². The first-order valence-corrected chi connectivity index (χ1v) is 9.68.